The van der Waals surface area contributed by atoms with Gasteiger partial charge in [0.05, 0.1) is 5.41 Å². The molecular formula is C27H36N4O. The van der Waals surface area contributed by atoms with E-state index >= 15 is 0 Å². The largest absolute Gasteiger partial charge is 0.303 e. The van der Waals surface area contributed by atoms with Gasteiger partial charge in [0.25, 0.3) is 0 Å². The van der Waals surface area contributed by atoms with Crippen LogP contribution in [-0.4, -0.2) is 97.9 Å². The molecule has 0 saturated carbocycles. The Balaban J connectivity index is 1.73. The van der Waals surface area contributed by atoms with Crippen molar-refractivity contribution in [2.45, 2.75) is 23.4 Å². The fourth-order valence-corrected chi connectivity index (χ4v) is 6.88. The lowest BCUT2D eigenvalue weighted by Gasteiger charge is -2.51. The van der Waals surface area contributed by atoms with E-state index in [1.54, 1.807) is 0 Å². The van der Waals surface area contributed by atoms with Gasteiger partial charge in [0.15, 0.2) is 5.78 Å². The molecule has 0 spiro atoms. The molecule has 0 aromatic heterocycles. The molecule has 2 unspecified atom stereocenters. The van der Waals surface area contributed by atoms with Crippen LogP contribution in [0, 0.1) is 0 Å². The summed E-state index contributed by atoms with van der Waals surface area (Å²) < 4.78 is 0. The van der Waals surface area contributed by atoms with Crippen LogP contribution >= 0.6 is 0 Å². The van der Waals surface area contributed by atoms with Gasteiger partial charge in [-0.25, -0.2) is 0 Å². The topological polar surface area (TPSA) is 30.0 Å². The van der Waals surface area contributed by atoms with E-state index in [2.05, 4.69) is 102 Å². The lowest BCUT2D eigenvalue weighted by molar-refractivity contribution is -0.137. The van der Waals surface area contributed by atoms with Gasteiger partial charge in [0, 0.05) is 51.4 Å². The normalized spacial score (nSPS) is 32.2. The monoisotopic (exact) mass is 432 g/mol. The summed E-state index contributed by atoms with van der Waals surface area (Å²) in [6.07, 6.45) is 0. The molecule has 2 bridgehead atoms. The molecule has 0 amide bonds. The average Bonchev–Trinajstić information content (AvgIpc) is 2.88. The minimum atomic E-state index is -0.648. The van der Waals surface area contributed by atoms with Gasteiger partial charge in [0.1, 0.15) is 5.54 Å². The molecule has 170 valence electrons. The minimum Gasteiger partial charge on any atom is -0.303 e. The van der Waals surface area contributed by atoms with Crippen molar-refractivity contribution in [1.82, 2.24) is 19.6 Å². The third kappa shape index (κ3) is 3.18. The van der Waals surface area contributed by atoms with E-state index in [0.29, 0.717) is 5.78 Å². The molecule has 2 aromatic carbocycles. The number of benzene rings is 2. The van der Waals surface area contributed by atoms with Crippen LogP contribution in [0.15, 0.2) is 60.7 Å². The number of rotatable bonds is 3. The maximum absolute atomic E-state index is 14.7. The maximum atomic E-state index is 14.7. The van der Waals surface area contributed by atoms with Crippen molar-refractivity contribution < 1.29 is 4.79 Å². The van der Waals surface area contributed by atoms with Crippen molar-refractivity contribution in [3.05, 3.63) is 71.8 Å². The Morgan fingerprint density at radius 3 is 1.75 bits per heavy atom. The summed E-state index contributed by atoms with van der Waals surface area (Å²) in [5.74, 6) is 0.372. The number of piperidine rings is 1. The van der Waals surface area contributed by atoms with Gasteiger partial charge in [-0.15, -0.1) is 0 Å². The molecule has 0 N–H and O–H groups in total. The van der Waals surface area contributed by atoms with Crippen molar-refractivity contribution in [1.29, 1.82) is 0 Å². The highest BCUT2D eigenvalue weighted by Crippen LogP contribution is 2.53. The summed E-state index contributed by atoms with van der Waals surface area (Å²) in [4.78, 5) is 24.6. The molecule has 3 saturated heterocycles. The zero-order valence-electron chi connectivity index (χ0n) is 19.9. The van der Waals surface area contributed by atoms with Crippen molar-refractivity contribution in [2.24, 2.45) is 0 Å². The highest BCUT2D eigenvalue weighted by molar-refractivity contribution is 6.02. The third-order valence-corrected chi connectivity index (χ3v) is 8.05. The van der Waals surface area contributed by atoms with E-state index in [0.717, 1.165) is 56.9 Å². The molecule has 3 aliphatic heterocycles. The van der Waals surface area contributed by atoms with Crippen LogP contribution in [0.1, 0.15) is 18.1 Å². The van der Waals surface area contributed by atoms with Crippen molar-refractivity contribution in [3.63, 3.8) is 0 Å². The number of carbonyl (C=O) groups excluding carboxylic acids is 1. The number of ketones is 1. The van der Waals surface area contributed by atoms with Crippen LogP contribution in [0.4, 0.5) is 0 Å². The standard InChI is InChI=1S/C27H36N4O/c1-25(17-28(2)15-16-29(3)18-25)31-20-26(22-11-7-5-8-12-22)19-30(4)21-27(31,24(26)32)23-13-9-6-10-14-23/h5-14H,15-21H2,1-4H3. The van der Waals surface area contributed by atoms with Crippen LogP contribution in [0.2, 0.25) is 0 Å². The van der Waals surface area contributed by atoms with Crippen LogP contribution in [0.25, 0.3) is 0 Å². The number of nitrogens with zero attached hydrogens (tertiary/aromatic N) is 4. The van der Waals surface area contributed by atoms with Gasteiger partial charge in [-0.05, 0) is 39.2 Å². The smallest absolute Gasteiger partial charge is 0.172 e. The van der Waals surface area contributed by atoms with Crippen LogP contribution < -0.4 is 0 Å². The van der Waals surface area contributed by atoms with Gasteiger partial charge in [-0.3, -0.25) is 9.69 Å². The summed E-state index contributed by atoms with van der Waals surface area (Å²) in [6.45, 7) is 8.64. The molecule has 2 aromatic rings. The van der Waals surface area contributed by atoms with Crippen molar-refractivity contribution in [3.8, 4) is 0 Å². The SMILES string of the molecule is CN1CCN(C)CC(C)(N2CC3(c4ccccc4)CN(C)CC2(c2ccccc2)C3=O)C1. The fourth-order valence-electron chi connectivity index (χ4n) is 6.88. The van der Waals surface area contributed by atoms with Gasteiger partial charge in [0.2, 0.25) is 0 Å². The minimum absolute atomic E-state index is 0.146. The molecule has 0 aliphatic carbocycles. The predicted molar refractivity (Wildman–Crippen MR) is 129 cm³/mol. The molecular weight excluding hydrogens is 396 g/mol. The van der Waals surface area contributed by atoms with Gasteiger partial charge < -0.3 is 14.7 Å². The zero-order valence-corrected chi connectivity index (χ0v) is 19.9. The van der Waals surface area contributed by atoms with Gasteiger partial charge >= 0.3 is 0 Å². The van der Waals surface area contributed by atoms with Crippen LogP contribution in [0.3, 0.4) is 0 Å². The summed E-state index contributed by atoms with van der Waals surface area (Å²) in [5, 5.41) is 0. The first kappa shape index (κ1) is 21.8. The molecule has 5 heteroatoms. The molecule has 2 atom stereocenters. The maximum Gasteiger partial charge on any atom is 0.172 e. The quantitative estimate of drug-likeness (QED) is 0.743. The zero-order chi connectivity index (χ0) is 22.6. The van der Waals surface area contributed by atoms with Crippen molar-refractivity contribution >= 4 is 5.78 Å². The number of Topliss-reactive ketones (excluding diaryl/α,β-unsaturated/α-hetero) is 1. The Bertz CT molecular complexity index is 968. The van der Waals surface area contributed by atoms with Gasteiger partial charge in [-0.2, -0.15) is 0 Å². The second-order valence-electron chi connectivity index (χ2n) is 10.7. The number of likely N-dealkylation sites (tertiary alicyclic amines) is 2. The summed E-state index contributed by atoms with van der Waals surface area (Å²) in [5.41, 5.74) is 0.970. The van der Waals surface area contributed by atoms with E-state index < -0.39 is 11.0 Å². The number of hydrogen-bond donors (Lipinski definition) is 0. The second-order valence-corrected chi connectivity index (χ2v) is 10.7. The lowest BCUT2D eigenvalue weighted by Crippen LogP contribution is -2.66. The summed E-state index contributed by atoms with van der Waals surface area (Å²) in [7, 11) is 6.62. The van der Waals surface area contributed by atoms with E-state index in [1.165, 1.54) is 0 Å². The number of carbonyl (C=O) groups is 1. The first-order valence-corrected chi connectivity index (χ1v) is 11.8. The fraction of sp³-hybridized carbons (Fsp3) is 0.519. The molecule has 3 aliphatic rings. The van der Waals surface area contributed by atoms with Crippen molar-refractivity contribution in [2.75, 3.05) is 67.0 Å². The lowest BCUT2D eigenvalue weighted by atomic mass is 9.68. The Hall–Kier alpha value is -2.05. The molecule has 5 nitrogen and oxygen atoms in total. The Labute approximate surface area is 192 Å². The molecule has 0 radical (unpaired) electrons. The average molecular weight is 433 g/mol. The van der Waals surface area contributed by atoms with E-state index in [-0.39, 0.29) is 5.54 Å². The predicted octanol–water partition coefficient (Wildman–Crippen LogP) is 2.29. The molecule has 32 heavy (non-hydrogen) atoms. The highest BCUT2D eigenvalue weighted by atomic mass is 16.1. The van der Waals surface area contributed by atoms with Gasteiger partial charge in [-0.1, -0.05) is 60.7 Å². The van der Waals surface area contributed by atoms with Crippen LogP contribution in [-0.2, 0) is 15.7 Å². The summed E-state index contributed by atoms with van der Waals surface area (Å²) in [6, 6.07) is 21.1. The van der Waals surface area contributed by atoms with E-state index in [1.807, 2.05) is 6.07 Å². The number of hydrogen-bond acceptors (Lipinski definition) is 5. The molecule has 3 heterocycles. The Morgan fingerprint density at radius 2 is 1.19 bits per heavy atom. The Kier molecular flexibility index (Phi) is 5.29. The molecule has 5 rings (SSSR count). The molecule has 3 fully saturated rings. The first-order chi connectivity index (χ1) is 15.3. The summed E-state index contributed by atoms with van der Waals surface area (Å²) >= 11 is 0. The van der Waals surface area contributed by atoms with E-state index in [4.69, 9.17) is 0 Å². The third-order valence-electron chi connectivity index (χ3n) is 8.05. The van der Waals surface area contributed by atoms with Crippen LogP contribution in [0.5, 0.6) is 0 Å². The number of likely N-dealkylation sites (N-methyl/N-ethyl adjacent to an activating group) is 3. The highest BCUT2D eigenvalue weighted by Gasteiger charge is 2.68. The number of fused-ring (bicyclic) bond motifs is 2. The second kappa shape index (κ2) is 7.77. The van der Waals surface area contributed by atoms with E-state index in [9.17, 15) is 4.79 Å². The first-order valence-electron chi connectivity index (χ1n) is 11.8. The Morgan fingerprint density at radius 1 is 0.656 bits per heavy atom.